The van der Waals surface area contributed by atoms with Gasteiger partial charge in [-0.1, -0.05) is 0 Å². The minimum Gasteiger partial charge on any atom is -0.337 e. The molecule has 3 rings (SSSR count). The largest absolute Gasteiger partial charge is 0.337 e. The van der Waals surface area contributed by atoms with Crippen molar-refractivity contribution >= 4 is 17.2 Å². The molecule has 20 heavy (non-hydrogen) atoms. The first-order chi connectivity index (χ1) is 9.75. The van der Waals surface area contributed by atoms with Crippen LogP contribution in [0.5, 0.6) is 0 Å². The second kappa shape index (κ2) is 5.66. The number of aromatic nitrogens is 3. The number of thiazole rings is 1. The number of likely N-dealkylation sites (tertiary alicyclic amines) is 1. The second-order valence-corrected chi connectivity index (χ2v) is 5.85. The molecule has 0 unspecified atom stereocenters. The van der Waals surface area contributed by atoms with Crippen molar-refractivity contribution in [1.29, 1.82) is 0 Å². The number of aryl methyl sites for hydroxylation is 1. The zero-order valence-corrected chi connectivity index (χ0v) is 12.1. The van der Waals surface area contributed by atoms with E-state index in [9.17, 15) is 4.79 Å². The summed E-state index contributed by atoms with van der Waals surface area (Å²) in [5.41, 5.74) is 3.58. The third-order valence-electron chi connectivity index (χ3n) is 3.67. The smallest absolute Gasteiger partial charge is 0.265 e. The summed E-state index contributed by atoms with van der Waals surface area (Å²) in [6, 6.07) is 1.94. The molecule has 5 nitrogen and oxygen atoms in total. The minimum atomic E-state index is 0.101. The Morgan fingerprint density at radius 1 is 1.45 bits per heavy atom. The molecule has 0 bridgehead atoms. The summed E-state index contributed by atoms with van der Waals surface area (Å²) in [6.45, 7) is 3.43. The van der Waals surface area contributed by atoms with E-state index < -0.39 is 0 Å². The second-order valence-electron chi connectivity index (χ2n) is 4.99. The number of piperidine rings is 1. The number of hydrogen-bond acceptors (Lipinski definition) is 5. The number of carbonyl (C=O) groups excluding carboxylic acids is 1. The average Bonchev–Trinajstić information content (AvgIpc) is 2.94. The third-order valence-corrected chi connectivity index (χ3v) is 4.59. The highest BCUT2D eigenvalue weighted by Crippen LogP contribution is 2.27. The molecule has 2 aromatic rings. The van der Waals surface area contributed by atoms with Crippen molar-refractivity contribution in [2.75, 3.05) is 13.1 Å². The topological polar surface area (TPSA) is 59.0 Å². The van der Waals surface area contributed by atoms with E-state index in [1.54, 1.807) is 18.0 Å². The Morgan fingerprint density at radius 3 is 3.05 bits per heavy atom. The van der Waals surface area contributed by atoms with Crippen LogP contribution < -0.4 is 0 Å². The van der Waals surface area contributed by atoms with Gasteiger partial charge in [0.25, 0.3) is 5.91 Å². The number of carbonyl (C=O) groups is 1. The zero-order valence-electron chi connectivity index (χ0n) is 11.3. The molecule has 0 aromatic carbocycles. The summed E-state index contributed by atoms with van der Waals surface area (Å²) in [5.74, 6) is 0.410. The first-order valence-electron chi connectivity index (χ1n) is 6.71. The van der Waals surface area contributed by atoms with E-state index in [1.165, 1.54) is 11.3 Å². The van der Waals surface area contributed by atoms with Gasteiger partial charge in [0, 0.05) is 30.9 Å². The van der Waals surface area contributed by atoms with E-state index in [2.05, 4.69) is 15.0 Å². The van der Waals surface area contributed by atoms with Crippen molar-refractivity contribution in [3.63, 3.8) is 0 Å². The summed E-state index contributed by atoms with van der Waals surface area (Å²) in [7, 11) is 0. The maximum atomic E-state index is 12.5. The van der Waals surface area contributed by atoms with Gasteiger partial charge >= 0.3 is 0 Å². The molecule has 1 aliphatic rings. The van der Waals surface area contributed by atoms with Gasteiger partial charge in [-0.3, -0.25) is 4.79 Å². The van der Waals surface area contributed by atoms with E-state index in [4.69, 9.17) is 0 Å². The molecule has 104 valence electrons. The highest BCUT2D eigenvalue weighted by atomic mass is 32.1. The molecule has 0 spiro atoms. The quantitative estimate of drug-likeness (QED) is 0.850. The van der Waals surface area contributed by atoms with Gasteiger partial charge in [0.15, 0.2) is 0 Å². The third kappa shape index (κ3) is 2.56. The number of nitrogens with zero attached hydrogens (tertiary/aromatic N) is 4. The lowest BCUT2D eigenvalue weighted by atomic mass is 9.94. The van der Waals surface area contributed by atoms with E-state index >= 15 is 0 Å². The SMILES string of the molecule is Cc1ncsc1C(=O)N1CCC[C@H](c2ccncn2)C1. The Kier molecular flexibility index (Phi) is 3.73. The number of amides is 1. The van der Waals surface area contributed by atoms with Crippen LogP contribution in [0.3, 0.4) is 0 Å². The predicted octanol–water partition coefficient (Wildman–Crippen LogP) is 2.26. The van der Waals surface area contributed by atoms with Crippen molar-refractivity contribution < 1.29 is 4.79 Å². The minimum absolute atomic E-state index is 0.101. The molecule has 1 aliphatic heterocycles. The van der Waals surface area contributed by atoms with Crippen LogP contribution in [0.2, 0.25) is 0 Å². The van der Waals surface area contributed by atoms with Crippen LogP contribution in [-0.2, 0) is 0 Å². The van der Waals surface area contributed by atoms with Gasteiger partial charge in [-0.2, -0.15) is 0 Å². The van der Waals surface area contributed by atoms with Crippen molar-refractivity contribution in [1.82, 2.24) is 19.9 Å². The normalized spacial score (nSPS) is 19.1. The summed E-state index contributed by atoms with van der Waals surface area (Å²) in [5, 5.41) is 0. The Morgan fingerprint density at radius 2 is 2.35 bits per heavy atom. The van der Waals surface area contributed by atoms with Gasteiger partial charge in [-0.15, -0.1) is 11.3 Å². The summed E-state index contributed by atoms with van der Waals surface area (Å²) in [4.78, 5) is 27.6. The maximum absolute atomic E-state index is 12.5. The standard InChI is InChI=1S/C14H16N4OS/c1-10-13(20-9-17-10)14(19)18-6-2-3-11(7-18)12-4-5-15-8-16-12/h4-5,8-9,11H,2-3,6-7H2,1H3/t11-/m0/s1. The molecule has 1 amide bonds. The lowest BCUT2D eigenvalue weighted by Gasteiger charge is -2.32. The summed E-state index contributed by atoms with van der Waals surface area (Å²) >= 11 is 1.42. The van der Waals surface area contributed by atoms with Gasteiger partial charge in [-0.25, -0.2) is 15.0 Å². The molecule has 6 heteroatoms. The van der Waals surface area contributed by atoms with Crippen LogP contribution in [0.15, 0.2) is 24.1 Å². The molecule has 0 N–H and O–H groups in total. The Labute approximate surface area is 121 Å². The maximum Gasteiger partial charge on any atom is 0.265 e. The fourth-order valence-corrected chi connectivity index (χ4v) is 3.37. The van der Waals surface area contributed by atoms with Crippen LogP contribution in [0.25, 0.3) is 0 Å². The number of rotatable bonds is 2. The van der Waals surface area contributed by atoms with Gasteiger partial charge in [0.2, 0.25) is 0 Å². The molecule has 0 aliphatic carbocycles. The lowest BCUT2D eigenvalue weighted by molar-refractivity contribution is 0.0710. The fourth-order valence-electron chi connectivity index (χ4n) is 2.60. The highest BCUT2D eigenvalue weighted by molar-refractivity contribution is 7.11. The average molecular weight is 288 g/mol. The van der Waals surface area contributed by atoms with Crippen molar-refractivity contribution in [2.24, 2.45) is 0 Å². The highest BCUT2D eigenvalue weighted by Gasteiger charge is 2.27. The van der Waals surface area contributed by atoms with Crippen LogP contribution in [0.4, 0.5) is 0 Å². The molecule has 1 atom stereocenters. The predicted molar refractivity (Wildman–Crippen MR) is 76.8 cm³/mol. The number of hydrogen-bond donors (Lipinski definition) is 0. The van der Waals surface area contributed by atoms with E-state index in [1.807, 2.05) is 17.9 Å². The molecule has 1 fully saturated rings. The molecule has 2 aromatic heterocycles. The molecular formula is C14H16N4OS. The summed E-state index contributed by atoms with van der Waals surface area (Å²) in [6.07, 6.45) is 5.42. The first-order valence-corrected chi connectivity index (χ1v) is 7.59. The first kappa shape index (κ1) is 13.2. The molecular weight excluding hydrogens is 272 g/mol. The molecule has 1 saturated heterocycles. The molecule has 0 radical (unpaired) electrons. The van der Waals surface area contributed by atoms with Crippen molar-refractivity contribution in [3.8, 4) is 0 Å². The Balaban J connectivity index is 1.76. The van der Waals surface area contributed by atoms with Crippen LogP contribution in [0.1, 0.15) is 39.8 Å². The van der Waals surface area contributed by atoms with Crippen LogP contribution in [0, 0.1) is 6.92 Å². The Bertz CT molecular complexity index is 598. The lowest BCUT2D eigenvalue weighted by Crippen LogP contribution is -2.39. The van der Waals surface area contributed by atoms with Gasteiger partial charge in [0.05, 0.1) is 11.2 Å². The van der Waals surface area contributed by atoms with Crippen LogP contribution in [-0.4, -0.2) is 38.8 Å². The van der Waals surface area contributed by atoms with Gasteiger partial charge in [0.1, 0.15) is 11.2 Å². The van der Waals surface area contributed by atoms with E-state index in [0.717, 1.165) is 42.2 Å². The zero-order chi connectivity index (χ0) is 13.9. The Hall–Kier alpha value is -1.82. The van der Waals surface area contributed by atoms with Crippen LogP contribution >= 0.6 is 11.3 Å². The molecule has 0 saturated carbocycles. The van der Waals surface area contributed by atoms with E-state index in [-0.39, 0.29) is 5.91 Å². The van der Waals surface area contributed by atoms with E-state index in [0.29, 0.717) is 5.92 Å². The monoisotopic (exact) mass is 288 g/mol. The summed E-state index contributed by atoms with van der Waals surface area (Å²) < 4.78 is 0. The van der Waals surface area contributed by atoms with Gasteiger partial charge in [-0.05, 0) is 25.8 Å². The van der Waals surface area contributed by atoms with Crippen molar-refractivity contribution in [2.45, 2.75) is 25.7 Å². The molecule has 3 heterocycles. The van der Waals surface area contributed by atoms with Gasteiger partial charge < -0.3 is 4.90 Å². The van der Waals surface area contributed by atoms with Crippen molar-refractivity contribution in [3.05, 3.63) is 40.4 Å². The fraction of sp³-hybridized carbons (Fsp3) is 0.429.